The monoisotopic (exact) mass is 596 g/mol. The zero-order valence-corrected chi connectivity index (χ0v) is 26.7. The number of aromatic carboxylic acids is 1. The Hall–Kier alpha value is -3.82. The molecular formula is C35H41BN2O6. The average molecular weight is 597 g/mol. The molecule has 1 N–H and O–H groups in total. The predicted molar refractivity (Wildman–Crippen MR) is 172 cm³/mol. The third-order valence-corrected chi connectivity index (χ3v) is 10.2. The molecule has 0 atom stereocenters. The second-order valence-electron chi connectivity index (χ2n) is 13.2. The van der Waals surface area contributed by atoms with Gasteiger partial charge in [0.05, 0.1) is 16.8 Å². The number of nitrogens with zero attached hydrogens (tertiary/aromatic N) is 2. The van der Waals surface area contributed by atoms with E-state index in [1.54, 1.807) is 4.90 Å². The van der Waals surface area contributed by atoms with Crippen molar-refractivity contribution in [2.45, 2.75) is 65.6 Å². The Morgan fingerprint density at radius 2 is 1.36 bits per heavy atom. The SMILES string of the molecule is Cc1c(B2OC(C)(C)C(C)(C)O2)c(C)c(N2CCN(C(=O)OCC3c4ccccc4-c4ccccc43)CC2)c(C)c1C(=O)O. The molecule has 0 aromatic heterocycles. The maximum absolute atomic E-state index is 13.3. The Bertz CT molecular complexity index is 1580. The number of rotatable bonds is 5. The third-order valence-electron chi connectivity index (χ3n) is 10.2. The molecule has 230 valence electrons. The standard InChI is InChI=1S/C35H41BN2O6/c1-21-29(32(39)40)22(2)31(23(3)30(21)36-43-34(4,5)35(6,7)44-36)37-16-18-38(19-17-37)33(41)42-20-28-26-14-10-8-12-24(26)25-13-9-11-15-27(25)28/h8-15,28H,16-20H2,1-7H3,(H,39,40). The molecule has 3 aromatic carbocycles. The number of carboxylic acids is 1. The number of piperazine rings is 1. The van der Waals surface area contributed by atoms with Gasteiger partial charge in [0, 0.05) is 37.8 Å². The first kappa shape index (κ1) is 30.2. The summed E-state index contributed by atoms with van der Waals surface area (Å²) >= 11 is 0. The van der Waals surface area contributed by atoms with Crippen LogP contribution in [0.25, 0.3) is 11.1 Å². The smallest absolute Gasteiger partial charge is 0.478 e. The highest BCUT2D eigenvalue weighted by molar-refractivity contribution is 6.63. The van der Waals surface area contributed by atoms with Crippen molar-refractivity contribution in [1.29, 1.82) is 0 Å². The maximum Gasteiger partial charge on any atom is 0.495 e. The van der Waals surface area contributed by atoms with Crippen molar-refractivity contribution in [3.05, 3.63) is 81.9 Å². The lowest BCUT2D eigenvalue weighted by atomic mass is 9.70. The summed E-state index contributed by atoms with van der Waals surface area (Å²) in [6.45, 7) is 16.0. The topological polar surface area (TPSA) is 88.5 Å². The number of hydrogen-bond acceptors (Lipinski definition) is 6. The predicted octanol–water partition coefficient (Wildman–Crippen LogP) is 5.68. The summed E-state index contributed by atoms with van der Waals surface area (Å²) in [5.41, 5.74) is 7.86. The van der Waals surface area contributed by atoms with Gasteiger partial charge in [0.1, 0.15) is 6.61 Å². The van der Waals surface area contributed by atoms with E-state index in [-0.39, 0.29) is 24.2 Å². The van der Waals surface area contributed by atoms with Crippen LogP contribution in [-0.2, 0) is 14.0 Å². The second-order valence-corrected chi connectivity index (χ2v) is 13.2. The van der Waals surface area contributed by atoms with Crippen LogP contribution in [0.15, 0.2) is 48.5 Å². The molecule has 8 nitrogen and oxygen atoms in total. The van der Waals surface area contributed by atoms with Crippen molar-refractivity contribution < 1.29 is 28.7 Å². The van der Waals surface area contributed by atoms with Gasteiger partial charge in [-0.05, 0) is 92.9 Å². The molecule has 2 heterocycles. The number of hydrogen-bond donors (Lipinski definition) is 1. The quantitative estimate of drug-likeness (QED) is 0.379. The van der Waals surface area contributed by atoms with Gasteiger partial charge in [-0.2, -0.15) is 0 Å². The lowest BCUT2D eigenvalue weighted by Gasteiger charge is -2.38. The zero-order chi connectivity index (χ0) is 31.6. The Morgan fingerprint density at radius 1 is 0.841 bits per heavy atom. The van der Waals surface area contributed by atoms with E-state index >= 15 is 0 Å². The van der Waals surface area contributed by atoms with Crippen LogP contribution in [0.1, 0.15) is 71.8 Å². The summed E-state index contributed by atoms with van der Waals surface area (Å²) in [5.74, 6) is -0.968. The largest absolute Gasteiger partial charge is 0.495 e. The first-order valence-electron chi connectivity index (χ1n) is 15.4. The fourth-order valence-electron chi connectivity index (χ4n) is 7.13. The van der Waals surface area contributed by atoms with E-state index in [4.69, 9.17) is 14.0 Å². The Morgan fingerprint density at radius 3 is 1.89 bits per heavy atom. The van der Waals surface area contributed by atoms with E-state index in [2.05, 4.69) is 29.2 Å². The minimum Gasteiger partial charge on any atom is -0.478 e. The highest BCUT2D eigenvalue weighted by Crippen LogP contribution is 2.44. The van der Waals surface area contributed by atoms with Crippen molar-refractivity contribution in [2.75, 3.05) is 37.7 Å². The van der Waals surface area contributed by atoms with Crippen LogP contribution in [0, 0.1) is 20.8 Å². The zero-order valence-electron chi connectivity index (χ0n) is 26.7. The molecule has 2 saturated heterocycles. The van der Waals surface area contributed by atoms with Crippen LogP contribution in [0.5, 0.6) is 0 Å². The van der Waals surface area contributed by atoms with E-state index in [0.29, 0.717) is 37.3 Å². The number of carbonyl (C=O) groups excluding carboxylic acids is 1. The number of fused-ring (bicyclic) bond motifs is 3. The van der Waals surface area contributed by atoms with Crippen molar-refractivity contribution in [3.63, 3.8) is 0 Å². The summed E-state index contributed by atoms with van der Waals surface area (Å²) in [6.07, 6.45) is -0.326. The minimum atomic E-state index is -0.976. The molecule has 3 aliphatic rings. The number of amides is 1. The number of carbonyl (C=O) groups is 2. The van der Waals surface area contributed by atoms with Gasteiger partial charge in [-0.3, -0.25) is 0 Å². The molecule has 2 fully saturated rings. The van der Waals surface area contributed by atoms with E-state index in [9.17, 15) is 14.7 Å². The van der Waals surface area contributed by atoms with Gasteiger partial charge in [0.25, 0.3) is 0 Å². The van der Waals surface area contributed by atoms with Gasteiger partial charge in [0.15, 0.2) is 0 Å². The molecule has 6 rings (SSSR count). The fraction of sp³-hybridized carbons (Fsp3) is 0.429. The molecule has 1 amide bonds. The van der Waals surface area contributed by atoms with Gasteiger partial charge in [0.2, 0.25) is 0 Å². The van der Waals surface area contributed by atoms with Gasteiger partial charge in [-0.25, -0.2) is 9.59 Å². The fourth-order valence-corrected chi connectivity index (χ4v) is 7.13. The van der Waals surface area contributed by atoms with Gasteiger partial charge in [-0.1, -0.05) is 48.5 Å². The number of benzene rings is 3. The highest BCUT2D eigenvalue weighted by atomic mass is 16.7. The van der Waals surface area contributed by atoms with Gasteiger partial charge >= 0.3 is 19.2 Å². The summed E-state index contributed by atoms with van der Waals surface area (Å²) in [6, 6.07) is 16.6. The van der Waals surface area contributed by atoms with Crippen LogP contribution in [-0.4, -0.2) is 73.2 Å². The molecule has 1 aliphatic carbocycles. The number of ether oxygens (including phenoxy) is 1. The molecule has 0 radical (unpaired) electrons. The Kier molecular flexibility index (Phi) is 7.53. The van der Waals surface area contributed by atoms with Crippen molar-refractivity contribution in [2.24, 2.45) is 0 Å². The average Bonchev–Trinajstić information content (AvgIpc) is 3.40. The van der Waals surface area contributed by atoms with Crippen LogP contribution in [0.3, 0.4) is 0 Å². The third kappa shape index (κ3) is 4.86. The second kappa shape index (κ2) is 11.0. The molecule has 9 heteroatoms. The van der Waals surface area contributed by atoms with Crippen molar-refractivity contribution in [1.82, 2.24) is 4.90 Å². The van der Waals surface area contributed by atoms with Gasteiger partial charge in [-0.15, -0.1) is 0 Å². The Labute approximate surface area is 260 Å². The molecule has 3 aromatic rings. The van der Waals surface area contributed by atoms with Crippen molar-refractivity contribution >= 4 is 30.3 Å². The molecule has 0 bridgehead atoms. The first-order valence-corrected chi connectivity index (χ1v) is 15.4. The lowest BCUT2D eigenvalue weighted by Crippen LogP contribution is -2.50. The van der Waals surface area contributed by atoms with Crippen LogP contribution >= 0.6 is 0 Å². The summed E-state index contributed by atoms with van der Waals surface area (Å²) in [5, 5.41) is 10.2. The molecule has 0 spiro atoms. The highest BCUT2D eigenvalue weighted by Gasteiger charge is 2.53. The Balaban J connectivity index is 1.19. The van der Waals surface area contributed by atoms with E-state index in [1.807, 2.05) is 72.7 Å². The van der Waals surface area contributed by atoms with Crippen LogP contribution < -0.4 is 10.4 Å². The molecule has 0 unspecified atom stereocenters. The first-order chi connectivity index (χ1) is 20.8. The summed E-state index contributed by atoms with van der Waals surface area (Å²) < 4.78 is 18.7. The van der Waals surface area contributed by atoms with E-state index in [0.717, 1.165) is 16.7 Å². The molecule has 44 heavy (non-hydrogen) atoms. The van der Waals surface area contributed by atoms with Crippen LogP contribution in [0.2, 0.25) is 0 Å². The normalized spacial score (nSPS) is 18.8. The minimum absolute atomic E-state index is 0.00772. The van der Waals surface area contributed by atoms with E-state index in [1.165, 1.54) is 22.3 Å². The summed E-state index contributed by atoms with van der Waals surface area (Å²) in [4.78, 5) is 29.7. The van der Waals surface area contributed by atoms with Crippen LogP contribution in [0.4, 0.5) is 10.5 Å². The molecular weight excluding hydrogens is 555 g/mol. The maximum atomic E-state index is 13.3. The molecule has 2 aliphatic heterocycles. The molecule has 0 saturated carbocycles. The number of anilines is 1. The number of carboxylic acid groups (broad SMARTS) is 1. The summed E-state index contributed by atoms with van der Waals surface area (Å²) in [7, 11) is -0.681. The lowest BCUT2D eigenvalue weighted by molar-refractivity contribution is 0.00578. The van der Waals surface area contributed by atoms with E-state index < -0.39 is 24.3 Å². The van der Waals surface area contributed by atoms with Crippen molar-refractivity contribution in [3.8, 4) is 11.1 Å². The van der Waals surface area contributed by atoms with Gasteiger partial charge < -0.3 is 29.0 Å².